The Hall–Kier alpha value is -3.39. The number of aromatic nitrogens is 2. The first-order chi connectivity index (χ1) is 14.8. The summed E-state index contributed by atoms with van der Waals surface area (Å²) in [6.07, 6.45) is 0. The van der Waals surface area contributed by atoms with E-state index in [9.17, 15) is 14.0 Å². The van der Waals surface area contributed by atoms with Crippen LogP contribution in [-0.2, 0) is 0 Å². The number of benzene rings is 2. The second kappa shape index (κ2) is 7.09. The van der Waals surface area contributed by atoms with Gasteiger partial charge < -0.3 is 4.42 Å². The van der Waals surface area contributed by atoms with Crippen molar-refractivity contribution in [3.8, 4) is 0 Å². The Balaban J connectivity index is 1.78. The average Bonchev–Trinajstić information content (AvgIpc) is 3.30. The Kier molecular flexibility index (Phi) is 4.48. The number of rotatable bonds is 3. The van der Waals surface area contributed by atoms with Crippen LogP contribution in [0.15, 0.2) is 51.7 Å². The van der Waals surface area contributed by atoms with Gasteiger partial charge in [0.2, 0.25) is 10.9 Å². The number of fused-ring (bicyclic) bond motifs is 2. The molecule has 1 aliphatic rings. The molecule has 1 unspecified atom stereocenters. The van der Waals surface area contributed by atoms with Gasteiger partial charge in [0, 0.05) is 0 Å². The normalized spacial score (nSPS) is 15.8. The van der Waals surface area contributed by atoms with Gasteiger partial charge in [-0.2, -0.15) is 0 Å². The Labute approximate surface area is 181 Å². The molecule has 0 saturated heterocycles. The summed E-state index contributed by atoms with van der Waals surface area (Å²) < 4.78 is 19.7. The van der Waals surface area contributed by atoms with Crippen LogP contribution < -0.4 is 10.3 Å². The third-order valence-electron chi connectivity index (χ3n) is 5.47. The smallest absolute Gasteiger partial charge is 0.297 e. The number of hydrogen-bond donors (Lipinski definition) is 0. The quantitative estimate of drug-likeness (QED) is 0.454. The van der Waals surface area contributed by atoms with Crippen molar-refractivity contribution in [3.05, 3.63) is 86.0 Å². The Morgan fingerprint density at radius 2 is 1.84 bits per heavy atom. The molecular formula is C23H18FN3O3S. The van der Waals surface area contributed by atoms with Gasteiger partial charge in [0.05, 0.1) is 17.0 Å². The van der Waals surface area contributed by atoms with E-state index in [4.69, 9.17) is 4.42 Å². The van der Waals surface area contributed by atoms with Gasteiger partial charge in [-0.15, -0.1) is 10.2 Å². The first kappa shape index (κ1) is 19.6. The van der Waals surface area contributed by atoms with E-state index < -0.39 is 23.2 Å². The van der Waals surface area contributed by atoms with Gasteiger partial charge in [0.15, 0.2) is 5.43 Å². The molecule has 2 aromatic carbocycles. The van der Waals surface area contributed by atoms with Crippen molar-refractivity contribution in [1.82, 2.24) is 10.2 Å². The molecule has 0 N–H and O–H groups in total. The maximum absolute atomic E-state index is 13.9. The summed E-state index contributed by atoms with van der Waals surface area (Å²) in [5.41, 5.74) is 1.81. The minimum atomic E-state index is -0.736. The van der Waals surface area contributed by atoms with Crippen molar-refractivity contribution >= 4 is 33.3 Å². The molecule has 1 aliphatic heterocycles. The number of carbonyl (C=O) groups excluding carboxylic acids is 1. The minimum absolute atomic E-state index is 0.0464. The van der Waals surface area contributed by atoms with Crippen LogP contribution in [0, 0.1) is 12.7 Å². The number of nitrogens with zero attached hydrogens (tertiary/aromatic N) is 3. The molecule has 1 amide bonds. The van der Waals surface area contributed by atoms with E-state index >= 15 is 0 Å². The lowest BCUT2D eigenvalue weighted by molar-refractivity contribution is 0.0970. The fourth-order valence-corrected chi connectivity index (χ4v) is 4.62. The molecule has 5 rings (SSSR count). The highest BCUT2D eigenvalue weighted by Crippen LogP contribution is 2.42. The third-order valence-corrected chi connectivity index (χ3v) is 6.31. The highest BCUT2D eigenvalue weighted by atomic mass is 32.1. The van der Waals surface area contributed by atoms with Crippen LogP contribution in [0.4, 0.5) is 9.52 Å². The summed E-state index contributed by atoms with van der Waals surface area (Å²) in [5.74, 6) is -0.716. The fourth-order valence-electron chi connectivity index (χ4n) is 3.90. The Bertz CT molecular complexity index is 1390. The van der Waals surface area contributed by atoms with Crippen molar-refractivity contribution in [3.63, 3.8) is 0 Å². The molecule has 8 heteroatoms. The van der Waals surface area contributed by atoms with Crippen LogP contribution in [0.25, 0.3) is 11.0 Å². The lowest BCUT2D eigenvalue weighted by Crippen LogP contribution is -2.29. The van der Waals surface area contributed by atoms with E-state index in [1.807, 2.05) is 24.3 Å². The topological polar surface area (TPSA) is 76.3 Å². The molecule has 0 bridgehead atoms. The molecule has 0 spiro atoms. The van der Waals surface area contributed by atoms with Crippen LogP contribution in [0.5, 0.6) is 0 Å². The molecule has 156 valence electrons. The van der Waals surface area contributed by atoms with Gasteiger partial charge >= 0.3 is 0 Å². The van der Waals surface area contributed by atoms with E-state index in [0.29, 0.717) is 16.1 Å². The number of halogens is 1. The van der Waals surface area contributed by atoms with Crippen molar-refractivity contribution in [2.75, 3.05) is 4.90 Å². The van der Waals surface area contributed by atoms with Gasteiger partial charge in [-0.1, -0.05) is 49.4 Å². The SMILES string of the molecule is Cc1nnc(N2C(=O)c3oc4ccc(F)cc4c(=O)c3C2c2ccc(C(C)C)cc2)s1. The number of anilines is 1. The standard InChI is InChI=1S/C23H18FN3O3S/c1-11(2)13-4-6-14(7-5-13)19-18-20(28)16-10-15(24)8-9-17(16)30-21(18)22(29)27(19)23-26-25-12(3)31-23/h4-11,19H,1-3H3. The number of amides is 1. The van der Waals surface area contributed by atoms with E-state index in [-0.39, 0.29) is 22.3 Å². The first-order valence-electron chi connectivity index (χ1n) is 9.85. The van der Waals surface area contributed by atoms with Crippen LogP contribution in [-0.4, -0.2) is 16.1 Å². The molecule has 4 aromatic rings. The number of aryl methyl sites for hydroxylation is 1. The molecule has 0 radical (unpaired) electrons. The predicted octanol–water partition coefficient (Wildman–Crippen LogP) is 4.97. The lowest BCUT2D eigenvalue weighted by Gasteiger charge is -2.22. The van der Waals surface area contributed by atoms with Crippen LogP contribution in [0.2, 0.25) is 0 Å². The first-order valence-corrected chi connectivity index (χ1v) is 10.7. The monoisotopic (exact) mass is 435 g/mol. The lowest BCUT2D eigenvalue weighted by atomic mass is 9.95. The average molecular weight is 435 g/mol. The summed E-state index contributed by atoms with van der Waals surface area (Å²) in [5, 5.41) is 9.34. The molecule has 31 heavy (non-hydrogen) atoms. The summed E-state index contributed by atoms with van der Waals surface area (Å²) in [6, 6.07) is 10.7. The molecule has 0 fully saturated rings. The van der Waals surface area contributed by atoms with Gasteiger partial charge in [-0.3, -0.25) is 14.5 Å². The number of hydrogen-bond acceptors (Lipinski definition) is 6. The van der Waals surface area contributed by atoms with Crippen LogP contribution in [0.1, 0.15) is 58.1 Å². The Morgan fingerprint density at radius 1 is 1.10 bits per heavy atom. The minimum Gasteiger partial charge on any atom is -0.450 e. The zero-order chi connectivity index (χ0) is 21.9. The Morgan fingerprint density at radius 3 is 2.48 bits per heavy atom. The summed E-state index contributed by atoms with van der Waals surface area (Å²) in [7, 11) is 0. The van der Waals surface area contributed by atoms with E-state index in [1.165, 1.54) is 28.4 Å². The van der Waals surface area contributed by atoms with Crippen molar-refractivity contribution < 1.29 is 13.6 Å². The van der Waals surface area contributed by atoms with Gasteiger partial charge in [-0.25, -0.2) is 4.39 Å². The van der Waals surface area contributed by atoms with Crippen molar-refractivity contribution in [2.45, 2.75) is 32.7 Å². The molecule has 3 heterocycles. The van der Waals surface area contributed by atoms with E-state index in [0.717, 1.165) is 17.2 Å². The van der Waals surface area contributed by atoms with Crippen LogP contribution in [0.3, 0.4) is 0 Å². The highest BCUT2D eigenvalue weighted by Gasteiger charge is 2.45. The predicted molar refractivity (Wildman–Crippen MR) is 116 cm³/mol. The third kappa shape index (κ3) is 3.06. The largest absolute Gasteiger partial charge is 0.450 e. The van der Waals surface area contributed by atoms with Crippen molar-refractivity contribution in [2.24, 2.45) is 0 Å². The molecule has 2 aromatic heterocycles. The maximum Gasteiger partial charge on any atom is 0.297 e. The molecule has 6 nitrogen and oxygen atoms in total. The second-order valence-electron chi connectivity index (χ2n) is 7.82. The second-order valence-corrected chi connectivity index (χ2v) is 8.98. The maximum atomic E-state index is 13.9. The number of carbonyl (C=O) groups is 1. The van der Waals surface area contributed by atoms with Crippen molar-refractivity contribution in [1.29, 1.82) is 0 Å². The molecular weight excluding hydrogens is 417 g/mol. The highest BCUT2D eigenvalue weighted by molar-refractivity contribution is 7.15. The summed E-state index contributed by atoms with van der Waals surface area (Å²) >= 11 is 1.26. The van der Waals surface area contributed by atoms with E-state index in [2.05, 4.69) is 24.0 Å². The molecule has 1 atom stereocenters. The zero-order valence-corrected chi connectivity index (χ0v) is 17.9. The fraction of sp³-hybridized carbons (Fsp3) is 0.217. The van der Waals surface area contributed by atoms with Gasteiger partial charge in [0.1, 0.15) is 16.4 Å². The zero-order valence-electron chi connectivity index (χ0n) is 17.0. The van der Waals surface area contributed by atoms with Gasteiger partial charge in [-0.05, 0) is 42.2 Å². The van der Waals surface area contributed by atoms with E-state index in [1.54, 1.807) is 6.92 Å². The summed E-state index contributed by atoms with van der Waals surface area (Å²) in [4.78, 5) is 28.3. The molecule has 0 saturated carbocycles. The van der Waals surface area contributed by atoms with Gasteiger partial charge in [0.25, 0.3) is 5.91 Å². The van der Waals surface area contributed by atoms with Crippen LogP contribution >= 0.6 is 11.3 Å². The summed E-state index contributed by atoms with van der Waals surface area (Å²) in [6.45, 7) is 5.98. The molecule has 0 aliphatic carbocycles.